The smallest absolute Gasteiger partial charge is 0.255 e. The summed E-state index contributed by atoms with van der Waals surface area (Å²) in [6.45, 7) is 2.82. The number of pyridine rings is 1. The lowest BCUT2D eigenvalue weighted by molar-refractivity contribution is -0.129. The first-order valence-corrected chi connectivity index (χ1v) is 9.86. The Labute approximate surface area is 165 Å². The number of hydrogen-bond acceptors (Lipinski definition) is 4. The number of hydrogen-bond donors (Lipinski definition) is 1. The molecule has 2 amide bonds. The Kier molecular flexibility index (Phi) is 5.03. The minimum Gasteiger partial charge on any atom is -0.363 e. The van der Waals surface area contributed by atoms with Crippen molar-refractivity contribution in [3.05, 3.63) is 59.3 Å². The summed E-state index contributed by atoms with van der Waals surface area (Å²) >= 11 is 0. The first-order valence-electron chi connectivity index (χ1n) is 9.86. The Bertz CT molecular complexity index is 883. The van der Waals surface area contributed by atoms with Crippen LogP contribution >= 0.6 is 0 Å². The van der Waals surface area contributed by atoms with Gasteiger partial charge in [0.2, 0.25) is 5.91 Å². The second-order valence-corrected chi connectivity index (χ2v) is 7.70. The summed E-state index contributed by atoms with van der Waals surface area (Å²) in [6, 6.07) is 12.7. The average molecular weight is 378 g/mol. The molecule has 3 heterocycles. The Balaban J connectivity index is 1.45. The zero-order valence-corrected chi connectivity index (χ0v) is 16.4. The number of aryl methyl sites for hydroxylation is 1. The number of anilines is 1. The SMILES string of the molecule is CC(=O)N(C)C1CCN(C(=O)c2cnc3c(c2)CCC(c2ccccc2)N3)C1. The van der Waals surface area contributed by atoms with Crippen molar-refractivity contribution in [1.82, 2.24) is 14.8 Å². The van der Waals surface area contributed by atoms with E-state index in [1.54, 1.807) is 25.1 Å². The molecular formula is C22H26N4O2. The summed E-state index contributed by atoms with van der Waals surface area (Å²) in [6.07, 6.45) is 4.36. The van der Waals surface area contributed by atoms with Gasteiger partial charge < -0.3 is 15.1 Å². The molecule has 2 aromatic rings. The zero-order valence-electron chi connectivity index (χ0n) is 16.4. The molecule has 2 aliphatic rings. The van der Waals surface area contributed by atoms with Gasteiger partial charge in [-0.2, -0.15) is 0 Å². The molecule has 2 aliphatic heterocycles. The number of likely N-dealkylation sites (tertiary alicyclic amines) is 1. The second-order valence-electron chi connectivity index (χ2n) is 7.70. The lowest BCUT2D eigenvalue weighted by Gasteiger charge is -2.27. The number of amides is 2. The standard InChI is InChI=1S/C22H26N4O2/c1-15(27)25(2)19-10-11-26(14-19)22(28)18-12-17-8-9-20(24-21(17)23-13-18)16-6-4-3-5-7-16/h3-7,12-13,19-20H,8-11,14H2,1-2H3,(H,23,24). The largest absolute Gasteiger partial charge is 0.363 e. The van der Waals surface area contributed by atoms with E-state index in [4.69, 9.17) is 0 Å². The molecular weight excluding hydrogens is 352 g/mol. The molecule has 1 aromatic heterocycles. The van der Waals surface area contributed by atoms with E-state index in [1.165, 1.54) is 5.56 Å². The lowest BCUT2D eigenvalue weighted by atomic mass is 9.94. The number of nitrogens with one attached hydrogen (secondary N) is 1. The minimum absolute atomic E-state index is 0.0000603. The van der Waals surface area contributed by atoms with Crippen LogP contribution in [0.3, 0.4) is 0 Å². The van der Waals surface area contributed by atoms with Crippen molar-refractivity contribution >= 4 is 17.6 Å². The van der Waals surface area contributed by atoms with Crippen LogP contribution in [0.4, 0.5) is 5.82 Å². The highest BCUT2D eigenvalue weighted by atomic mass is 16.2. The van der Waals surface area contributed by atoms with Crippen molar-refractivity contribution in [1.29, 1.82) is 0 Å². The number of nitrogens with zero attached hydrogens (tertiary/aromatic N) is 3. The van der Waals surface area contributed by atoms with Gasteiger partial charge in [-0.05, 0) is 36.5 Å². The molecule has 1 aromatic carbocycles. The monoisotopic (exact) mass is 378 g/mol. The van der Waals surface area contributed by atoms with E-state index in [9.17, 15) is 9.59 Å². The van der Waals surface area contributed by atoms with Crippen LogP contribution in [0, 0.1) is 0 Å². The fourth-order valence-electron chi connectivity index (χ4n) is 4.10. The van der Waals surface area contributed by atoms with Gasteiger partial charge in [0.15, 0.2) is 0 Å². The molecule has 0 radical (unpaired) electrons. The first kappa shape index (κ1) is 18.5. The van der Waals surface area contributed by atoms with E-state index in [-0.39, 0.29) is 23.9 Å². The van der Waals surface area contributed by atoms with Gasteiger partial charge in [0.25, 0.3) is 5.91 Å². The van der Waals surface area contributed by atoms with E-state index in [2.05, 4.69) is 34.6 Å². The van der Waals surface area contributed by atoms with Crippen LogP contribution in [0.25, 0.3) is 0 Å². The van der Waals surface area contributed by atoms with Crippen molar-refractivity contribution in [3.63, 3.8) is 0 Å². The highest BCUT2D eigenvalue weighted by molar-refractivity contribution is 5.94. The fraction of sp³-hybridized carbons (Fsp3) is 0.409. The molecule has 2 unspecified atom stereocenters. The van der Waals surface area contributed by atoms with Crippen molar-refractivity contribution in [2.45, 2.75) is 38.3 Å². The van der Waals surface area contributed by atoms with Gasteiger partial charge in [0, 0.05) is 33.3 Å². The maximum Gasteiger partial charge on any atom is 0.255 e. The van der Waals surface area contributed by atoms with Gasteiger partial charge in [-0.1, -0.05) is 30.3 Å². The second kappa shape index (κ2) is 7.62. The number of fused-ring (bicyclic) bond motifs is 1. The number of rotatable bonds is 3. The van der Waals surface area contributed by atoms with E-state index >= 15 is 0 Å². The van der Waals surface area contributed by atoms with Gasteiger partial charge in [0.1, 0.15) is 5.82 Å². The average Bonchev–Trinajstić information content (AvgIpc) is 3.22. The summed E-state index contributed by atoms with van der Waals surface area (Å²) in [5.41, 5.74) is 2.98. The Morgan fingerprint density at radius 1 is 1.21 bits per heavy atom. The highest BCUT2D eigenvalue weighted by Gasteiger charge is 2.31. The predicted molar refractivity (Wildman–Crippen MR) is 108 cm³/mol. The molecule has 0 bridgehead atoms. The van der Waals surface area contributed by atoms with Crippen molar-refractivity contribution in [2.24, 2.45) is 0 Å². The van der Waals surface area contributed by atoms with E-state index in [1.807, 2.05) is 17.0 Å². The summed E-state index contributed by atoms with van der Waals surface area (Å²) in [7, 11) is 1.80. The van der Waals surface area contributed by atoms with Crippen molar-refractivity contribution in [2.75, 3.05) is 25.5 Å². The third-order valence-corrected chi connectivity index (χ3v) is 5.92. The van der Waals surface area contributed by atoms with Crippen LogP contribution in [-0.2, 0) is 11.2 Å². The quantitative estimate of drug-likeness (QED) is 0.892. The number of aromatic nitrogens is 1. The summed E-state index contributed by atoms with van der Waals surface area (Å²) < 4.78 is 0. The van der Waals surface area contributed by atoms with E-state index < -0.39 is 0 Å². The molecule has 1 fully saturated rings. The molecule has 0 spiro atoms. The van der Waals surface area contributed by atoms with Crippen LogP contribution in [-0.4, -0.2) is 52.8 Å². The number of carbonyl (C=O) groups is 2. The third kappa shape index (κ3) is 3.59. The van der Waals surface area contributed by atoms with Gasteiger partial charge in [0.05, 0.1) is 17.6 Å². The minimum atomic E-state index is -0.0000603. The molecule has 0 saturated carbocycles. The molecule has 2 atom stereocenters. The Morgan fingerprint density at radius 2 is 2.00 bits per heavy atom. The molecule has 6 nitrogen and oxygen atoms in total. The maximum atomic E-state index is 12.9. The molecule has 0 aliphatic carbocycles. The number of likely N-dealkylation sites (N-methyl/N-ethyl adjacent to an activating group) is 1. The highest BCUT2D eigenvalue weighted by Crippen LogP contribution is 2.32. The van der Waals surface area contributed by atoms with E-state index in [0.29, 0.717) is 18.7 Å². The molecule has 6 heteroatoms. The Hall–Kier alpha value is -2.89. The summed E-state index contributed by atoms with van der Waals surface area (Å²) in [5, 5.41) is 3.50. The van der Waals surface area contributed by atoms with Crippen molar-refractivity contribution < 1.29 is 9.59 Å². The summed E-state index contributed by atoms with van der Waals surface area (Å²) in [5.74, 6) is 0.904. The maximum absolute atomic E-state index is 12.9. The van der Waals surface area contributed by atoms with Crippen LogP contribution in [0.1, 0.15) is 47.3 Å². The van der Waals surface area contributed by atoms with Gasteiger partial charge in [-0.3, -0.25) is 9.59 Å². The predicted octanol–water partition coefficient (Wildman–Crippen LogP) is 2.87. The topological polar surface area (TPSA) is 65.5 Å². The fourth-order valence-corrected chi connectivity index (χ4v) is 4.10. The Morgan fingerprint density at radius 3 is 2.75 bits per heavy atom. The zero-order chi connectivity index (χ0) is 19.7. The molecule has 4 rings (SSSR count). The van der Waals surface area contributed by atoms with Crippen LogP contribution < -0.4 is 5.32 Å². The number of carbonyl (C=O) groups excluding carboxylic acids is 2. The van der Waals surface area contributed by atoms with Crippen LogP contribution in [0.2, 0.25) is 0 Å². The van der Waals surface area contributed by atoms with E-state index in [0.717, 1.165) is 30.6 Å². The first-order chi connectivity index (χ1) is 13.5. The van der Waals surface area contributed by atoms with Crippen molar-refractivity contribution in [3.8, 4) is 0 Å². The molecule has 146 valence electrons. The third-order valence-electron chi connectivity index (χ3n) is 5.92. The molecule has 28 heavy (non-hydrogen) atoms. The van der Waals surface area contributed by atoms with Gasteiger partial charge >= 0.3 is 0 Å². The van der Waals surface area contributed by atoms with Crippen LogP contribution in [0.5, 0.6) is 0 Å². The molecule has 1 N–H and O–H groups in total. The number of benzene rings is 1. The summed E-state index contributed by atoms with van der Waals surface area (Å²) in [4.78, 5) is 32.6. The van der Waals surface area contributed by atoms with Gasteiger partial charge in [-0.15, -0.1) is 0 Å². The lowest BCUT2D eigenvalue weighted by Crippen LogP contribution is -2.39. The van der Waals surface area contributed by atoms with Gasteiger partial charge in [-0.25, -0.2) is 4.98 Å². The van der Waals surface area contributed by atoms with Crippen LogP contribution in [0.15, 0.2) is 42.6 Å². The molecule has 1 saturated heterocycles. The normalized spacial score (nSPS) is 21.0.